The van der Waals surface area contributed by atoms with Crippen LogP contribution in [0, 0.1) is 12.8 Å². The van der Waals surface area contributed by atoms with E-state index in [1.807, 2.05) is 0 Å². The molecule has 0 spiro atoms. The maximum Gasteiger partial charge on any atom is 0.262 e. The SMILES string of the molecule is Cc1nc(S(=O)(=O)N2CCC(CCc3noc(C4CC4)n3)C2)cn1C. The summed E-state index contributed by atoms with van der Waals surface area (Å²) in [4.78, 5) is 8.61. The van der Waals surface area contributed by atoms with Crippen LogP contribution >= 0.6 is 0 Å². The van der Waals surface area contributed by atoms with Crippen molar-refractivity contribution in [2.24, 2.45) is 13.0 Å². The van der Waals surface area contributed by atoms with E-state index in [2.05, 4.69) is 15.1 Å². The monoisotopic (exact) mass is 365 g/mol. The first kappa shape index (κ1) is 16.7. The van der Waals surface area contributed by atoms with Crippen molar-refractivity contribution in [1.29, 1.82) is 0 Å². The molecule has 0 amide bonds. The highest BCUT2D eigenvalue weighted by Crippen LogP contribution is 2.39. The largest absolute Gasteiger partial charge is 0.339 e. The predicted octanol–water partition coefficient (Wildman–Crippen LogP) is 1.63. The Morgan fingerprint density at radius 1 is 1.28 bits per heavy atom. The third-order valence-electron chi connectivity index (χ3n) is 5.13. The quantitative estimate of drug-likeness (QED) is 0.772. The first-order chi connectivity index (χ1) is 11.9. The van der Waals surface area contributed by atoms with Crippen LogP contribution in [0.5, 0.6) is 0 Å². The van der Waals surface area contributed by atoms with Crippen molar-refractivity contribution in [2.75, 3.05) is 13.1 Å². The normalized spacial score (nSPS) is 21.9. The number of imidazole rings is 1. The van der Waals surface area contributed by atoms with Gasteiger partial charge >= 0.3 is 0 Å². The molecule has 1 saturated carbocycles. The van der Waals surface area contributed by atoms with E-state index in [9.17, 15) is 8.42 Å². The Morgan fingerprint density at radius 3 is 2.76 bits per heavy atom. The molecule has 2 fully saturated rings. The highest BCUT2D eigenvalue weighted by atomic mass is 32.2. The Morgan fingerprint density at radius 2 is 2.08 bits per heavy atom. The number of aromatic nitrogens is 4. The second kappa shape index (κ2) is 6.21. The molecule has 1 atom stereocenters. The lowest BCUT2D eigenvalue weighted by atomic mass is 10.0. The standard InChI is InChI=1S/C16H23N5O3S/c1-11-17-15(10-20(11)2)25(22,23)21-8-7-12(9-21)3-6-14-18-16(24-19-14)13-4-5-13/h10,12-13H,3-9H2,1-2H3. The van der Waals surface area contributed by atoms with E-state index >= 15 is 0 Å². The van der Waals surface area contributed by atoms with Gasteiger partial charge in [0.1, 0.15) is 5.82 Å². The van der Waals surface area contributed by atoms with E-state index in [1.165, 1.54) is 0 Å². The molecule has 4 rings (SSSR count). The van der Waals surface area contributed by atoms with E-state index in [4.69, 9.17) is 4.52 Å². The van der Waals surface area contributed by atoms with Gasteiger partial charge in [-0.25, -0.2) is 13.4 Å². The Bertz CT molecular complexity index is 849. The minimum Gasteiger partial charge on any atom is -0.339 e. The molecule has 0 bridgehead atoms. The van der Waals surface area contributed by atoms with E-state index in [1.54, 1.807) is 29.0 Å². The molecule has 1 aliphatic heterocycles. The third kappa shape index (κ3) is 3.35. The highest BCUT2D eigenvalue weighted by molar-refractivity contribution is 7.89. The van der Waals surface area contributed by atoms with Crippen LogP contribution in [0.2, 0.25) is 0 Å². The Kier molecular flexibility index (Phi) is 4.15. The van der Waals surface area contributed by atoms with Crippen LogP contribution in [-0.2, 0) is 23.5 Å². The first-order valence-electron chi connectivity index (χ1n) is 8.76. The summed E-state index contributed by atoms with van der Waals surface area (Å²) < 4.78 is 34.0. The van der Waals surface area contributed by atoms with Crippen LogP contribution < -0.4 is 0 Å². The number of aryl methyl sites for hydroxylation is 3. The molecule has 3 heterocycles. The average molecular weight is 365 g/mol. The summed E-state index contributed by atoms with van der Waals surface area (Å²) in [5, 5.41) is 4.17. The fourth-order valence-electron chi connectivity index (χ4n) is 3.23. The van der Waals surface area contributed by atoms with Gasteiger partial charge in [-0.1, -0.05) is 5.16 Å². The lowest BCUT2D eigenvalue weighted by molar-refractivity contribution is 0.371. The summed E-state index contributed by atoms with van der Waals surface area (Å²) in [5.41, 5.74) is 0. The van der Waals surface area contributed by atoms with Gasteiger partial charge in [-0.2, -0.15) is 9.29 Å². The molecular formula is C16H23N5O3S. The van der Waals surface area contributed by atoms with Gasteiger partial charge in [0.25, 0.3) is 10.0 Å². The molecule has 2 aromatic rings. The lowest BCUT2D eigenvalue weighted by Gasteiger charge is -2.14. The van der Waals surface area contributed by atoms with Crippen molar-refractivity contribution < 1.29 is 12.9 Å². The molecule has 9 heteroatoms. The van der Waals surface area contributed by atoms with Gasteiger partial charge in [0.15, 0.2) is 10.9 Å². The van der Waals surface area contributed by atoms with E-state index in [0.29, 0.717) is 30.7 Å². The van der Waals surface area contributed by atoms with Gasteiger partial charge in [-0.15, -0.1) is 0 Å². The van der Waals surface area contributed by atoms with Crippen LogP contribution in [0.4, 0.5) is 0 Å². The summed E-state index contributed by atoms with van der Waals surface area (Å²) in [6.45, 7) is 2.88. The van der Waals surface area contributed by atoms with Crippen LogP contribution in [0.1, 0.15) is 49.1 Å². The topological polar surface area (TPSA) is 94.1 Å². The van der Waals surface area contributed by atoms with Gasteiger partial charge < -0.3 is 9.09 Å². The number of hydrogen-bond acceptors (Lipinski definition) is 6. The number of rotatable bonds is 6. The lowest BCUT2D eigenvalue weighted by Crippen LogP contribution is -2.29. The predicted molar refractivity (Wildman–Crippen MR) is 89.4 cm³/mol. The Labute approximate surface area is 147 Å². The molecule has 0 N–H and O–H groups in total. The van der Waals surface area contributed by atoms with Crippen LogP contribution in [-0.4, -0.2) is 45.5 Å². The van der Waals surface area contributed by atoms with Crippen molar-refractivity contribution in [3.05, 3.63) is 23.7 Å². The van der Waals surface area contributed by atoms with Crippen molar-refractivity contribution in [3.63, 3.8) is 0 Å². The van der Waals surface area contributed by atoms with E-state index < -0.39 is 10.0 Å². The zero-order valence-corrected chi connectivity index (χ0v) is 15.4. The van der Waals surface area contributed by atoms with Crippen molar-refractivity contribution in [1.82, 2.24) is 24.0 Å². The van der Waals surface area contributed by atoms with Crippen LogP contribution in [0.3, 0.4) is 0 Å². The molecule has 25 heavy (non-hydrogen) atoms. The summed E-state index contributed by atoms with van der Waals surface area (Å²) >= 11 is 0. The molecule has 1 unspecified atom stereocenters. The first-order valence-corrected chi connectivity index (χ1v) is 10.2. The molecule has 136 valence electrons. The molecule has 2 aliphatic rings. The second-order valence-corrected chi connectivity index (χ2v) is 9.00. The zero-order chi connectivity index (χ0) is 17.6. The van der Waals surface area contributed by atoms with Gasteiger partial charge in [-0.3, -0.25) is 0 Å². The fourth-order valence-corrected chi connectivity index (χ4v) is 4.79. The van der Waals surface area contributed by atoms with Gasteiger partial charge in [-0.05, 0) is 38.5 Å². The second-order valence-electron chi connectivity index (χ2n) is 7.12. The molecule has 0 aromatic carbocycles. The molecule has 1 aliphatic carbocycles. The number of hydrogen-bond donors (Lipinski definition) is 0. The average Bonchev–Trinajstić information content (AvgIpc) is 2.98. The van der Waals surface area contributed by atoms with E-state index in [-0.39, 0.29) is 5.03 Å². The van der Waals surface area contributed by atoms with Crippen molar-refractivity contribution in [2.45, 2.75) is 50.0 Å². The molecule has 0 radical (unpaired) electrons. The van der Waals surface area contributed by atoms with Crippen LogP contribution in [0.25, 0.3) is 0 Å². The molecule has 1 saturated heterocycles. The summed E-state index contributed by atoms with van der Waals surface area (Å²) in [6, 6.07) is 0. The molecular weight excluding hydrogens is 342 g/mol. The minimum atomic E-state index is -3.50. The van der Waals surface area contributed by atoms with Crippen molar-refractivity contribution >= 4 is 10.0 Å². The number of sulfonamides is 1. The minimum absolute atomic E-state index is 0.139. The van der Waals surface area contributed by atoms with Crippen LogP contribution in [0.15, 0.2) is 15.7 Å². The Balaban J connectivity index is 1.35. The van der Waals surface area contributed by atoms with Crippen molar-refractivity contribution in [3.8, 4) is 0 Å². The smallest absolute Gasteiger partial charge is 0.262 e. The highest BCUT2D eigenvalue weighted by Gasteiger charge is 2.34. The maximum absolute atomic E-state index is 12.7. The van der Waals surface area contributed by atoms with Gasteiger partial charge in [0.05, 0.1) is 0 Å². The summed E-state index contributed by atoms with van der Waals surface area (Å²) in [6.07, 6.45) is 6.33. The summed E-state index contributed by atoms with van der Waals surface area (Å²) in [5.74, 6) is 2.98. The van der Waals surface area contributed by atoms with Gasteiger partial charge in [0.2, 0.25) is 5.89 Å². The number of nitrogens with zero attached hydrogens (tertiary/aromatic N) is 5. The summed E-state index contributed by atoms with van der Waals surface area (Å²) in [7, 11) is -1.70. The third-order valence-corrected chi connectivity index (χ3v) is 6.86. The Hall–Kier alpha value is -1.74. The molecule has 8 nitrogen and oxygen atoms in total. The fraction of sp³-hybridized carbons (Fsp3) is 0.688. The zero-order valence-electron chi connectivity index (χ0n) is 14.6. The van der Waals surface area contributed by atoms with Gasteiger partial charge in [0, 0.05) is 38.7 Å². The van der Waals surface area contributed by atoms with E-state index in [0.717, 1.165) is 43.8 Å². The maximum atomic E-state index is 12.7. The molecule has 2 aromatic heterocycles.